The summed E-state index contributed by atoms with van der Waals surface area (Å²) in [6, 6.07) is 7.80. The number of para-hydroxylation sites is 1. The number of carbonyl (C=O) groups excluding carboxylic acids is 1. The van der Waals surface area contributed by atoms with Gasteiger partial charge in [0.25, 0.3) is 5.01 Å². The summed E-state index contributed by atoms with van der Waals surface area (Å²) in [6.45, 7) is 9.61. The molecule has 0 saturated carbocycles. The van der Waals surface area contributed by atoms with Crippen molar-refractivity contribution in [1.29, 1.82) is 0 Å². The number of carbonyl (C=O) groups is 1. The molecule has 29 heavy (non-hydrogen) atoms. The average Bonchev–Trinajstić information content (AvgIpc) is 3.17. The Morgan fingerprint density at radius 2 is 2.00 bits per heavy atom. The molecule has 0 amide bonds. The number of hydrogen-bond donors (Lipinski definition) is 1. The number of aryl methyl sites for hydroxylation is 1. The van der Waals surface area contributed by atoms with E-state index in [4.69, 9.17) is 0 Å². The average molecular weight is 431 g/mol. The van der Waals surface area contributed by atoms with E-state index in [1.807, 2.05) is 35.8 Å². The zero-order valence-electron chi connectivity index (χ0n) is 15.7. The van der Waals surface area contributed by atoms with E-state index in [-0.39, 0.29) is 15.4 Å². The lowest BCUT2D eigenvalue weighted by Crippen LogP contribution is -2.36. The van der Waals surface area contributed by atoms with E-state index in [9.17, 15) is 18.5 Å². The lowest BCUT2D eigenvalue weighted by molar-refractivity contribution is -0.675. The van der Waals surface area contributed by atoms with Gasteiger partial charge in [-0.1, -0.05) is 48.8 Å². The molecule has 0 aliphatic carbocycles. The van der Waals surface area contributed by atoms with Crippen LogP contribution in [-0.2, 0) is 26.1 Å². The maximum Gasteiger partial charge on any atom is 0.275 e. The van der Waals surface area contributed by atoms with Crippen molar-refractivity contribution in [3.8, 4) is 0 Å². The number of rotatable bonds is 7. The zero-order chi connectivity index (χ0) is 21.2. The van der Waals surface area contributed by atoms with Crippen molar-refractivity contribution < 1.29 is 27.9 Å². The van der Waals surface area contributed by atoms with Crippen molar-refractivity contribution in [2.45, 2.75) is 19.6 Å². The minimum atomic E-state index is -3.95. The lowest BCUT2D eigenvalue weighted by Gasteiger charge is -2.04. The number of sulfone groups is 1. The monoisotopic (exact) mass is 430 g/mol. The minimum Gasteiger partial charge on any atom is -0.288 e. The summed E-state index contributed by atoms with van der Waals surface area (Å²) >= 11 is 1.46. The van der Waals surface area contributed by atoms with Crippen molar-refractivity contribution >= 4 is 37.2 Å². The fraction of sp³-hybridized carbons (Fsp3) is 0.143. The minimum absolute atomic E-state index is 0.00272. The molecule has 0 bridgehead atoms. The summed E-state index contributed by atoms with van der Waals surface area (Å²) in [5, 5.41) is 10.2. The molecule has 1 aliphatic rings. The molecule has 6 nitrogen and oxygen atoms in total. The molecule has 1 N–H and O–H groups in total. The van der Waals surface area contributed by atoms with Gasteiger partial charge in [-0.25, -0.2) is 13.3 Å². The summed E-state index contributed by atoms with van der Waals surface area (Å²) in [5.41, 5.74) is 1.01. The van der Waals surface area contributed by atoms with E-state index in [1.54, 1.807) is 0 Å². The first kappa shape index (κ1) is 21.1. The highest BCUT2D eigenvalue weighted by molar-refractivity contribution is 8.00. The summed E-state index contributed by atoms with van der Waals surface area (Å²) in [5.74, 6) is -0.633. The number of fused-ring (bicyclic) bond motifs is 1. The molecule has 1 aromatic heterocycles. The topological polar surface area (TPSA) is 84.6 Å². The Balaban J connectivity index is 1.98. The molecule has 2 aromatic rings. The normalized spacial score (nSPS) is 18.8. The quantitative estimate of drug-likeness (QED) is 0.313. The maximum atomic E-state index is 12.6. The third-order valence-corrected chi connectivity index (χ3v) is 7.64. The van der Waals surface area contributed by atoms with Crippen LogP contribution in [0.15, 0.2) is 83.2 Å². The van der Waals surface area contributed by atoms with Crippen LogP contribution in [-0.4, -0.2) is 19.5 Å². The predicted octanol–water partition coefficient (Wildman–Crippen LogP) is 3.80. The van der Waals surface area contributed by atoms with E-state index in [0.717, 1.165) is 21.3 Å². The zero-order valence-corrected chi connectivity index (χ0v) is 17.4. The number of allylic oxidation sites excluding steroid dienone is 6. The molecule has 3 rings (SSSR count). The molecule has 1 aromatic carbocycles. The fourth-order valence-electron chi connectivity index (χ4n) is 3.21. The van der Waals surface area contributed by atoms with Gasteiger partial charge in [-0.3, -0.25) is 10.1 Å². The van der Waals surface area contributed by atoms with Crippen LogP contribution in [0.4, 0.5) is 0 Å². The van der Waals surface area contributed by atoms with E-state index < -0.39 is 21.7 Å². The van der Waals surface area contributed by atoms with Crippen molar-refractivity contribution in [2.75, 3.05) is 0 Å². The highest BCUT2D eigenvalue weighted by Gasteiger charge is 2.38. The molecule has 8 heteroatoms. The van der Waals surface area contributed by atoms with Gasteiger partial charge in [-0.05, 0) is 31.2 Å². The third kappa shape index (κ3) is 3.56. The largest absolute Gasteiger partial charge is 0.288 e. The number of Topliss-reactive ketones (excluding diaryl/α,β-unsaturated/α-hetero) is 1. The SMILES string of the molecule is C=CC1=C(C=C)S(=O)(=O)/C(=C\C=C\C(OO)c2sc3ccccc3[n+]2CC)C1=O. The third-order valence-electron chi connectivity index (χ3n) is 4.55. The van der Waals surface area contributed by atoms with Gasteiger partial charge in [-0.15, -0.1) is 0 Å². The first-order valence-electron chi connectivity index (χ1n) is 8.79. The fourth-order valence-corrected chi connectivity index (χ4v) is 5.97. The van der Waals surface area contributed by atoms with Gasteiger partial charge in [0.1, 0.15) is 16.1 Å². The molecule has 2 heterocycles. The van der Waals surface area contributed by atoms with E-state index >= 15 is 0 Å². The number of benzene rings is 1. The smallest absolute Gasteiger partial charge is 0.275 e. The summed E-state index contributed by atoms with van der Waals surface area (Å²) < 4.78 is 28.1. The second-order valence-electron chi connectivity index (χ2n) is 6.11. The van der Waals surface area contributed by atoms with E-state index in [0.29, 0.717) is 6.54 Å². The second-order valence-corrected chi connectivity index (χ2v) is 9.06. The predicted molar refractivity (Wildman–Crippen MR) is 113 cm³/mol. The molecule has 1 atom stereocenters. The van der Waals surface area contributed by atoms with Gasteiger partial charge in [0, 0.05) is 11.6 Å². The maximum absolute atomic E-state index is 12.6. The molecule has 1 unspecified atom stereocenters. The van der Waals surface area contributed by atoms with Crippen molar-refractivity contribution in [3.63, 3.8) is 0 Å². The lowest BCUT2D eigenvalue weighted by atomic mass is 10.1. The molecule has 150 valence electrons. The van der Waals surface area contributed by atoms with Crippen LogP contribution in [0.3, 0.4) is 0 Å². The van der Waals surface area contributed by atoms with Crippen LogP contribution < -0.4 is 4.57 Å². The molecular formula is C21H20NO5S2+. The molecule has 0 radical (unpaired) electrons. The highest BCUT2D eigenvalue weighted by atomic mass is 32.2. The second kappa shape index (κ2) is 8.38. The Hall–Kier alpha value is -2.65. The van der Waals surface area contributed by atoms with Crippen molar-refractivity contribution in [2.24, 2.45) is 0 Å². The van der Waals surface area contributed by atoms with Gasteiger partial charge < -0.3 is 0 Å². The van der Waals surface area contributed by atoms with Gasteiger partial charge >= 0.3 is 0 Å². The molecule has 0 fully saturated rings. The Kier molecular flexibility index (Phi) is 6.09. The number of ketones is 1. The van der Waals surface area contributed by atoms with Crippen LogP contribution in [0, 0.1) is 0 Å². The first-order chi connectivity index (χ1) is 13.9. The first-order valence-corrected chi connectivity index (χ1v) is 11.1. The van der Waals surface area contributed by atoms with Gasteiger partial charge in [0.05, 0.1) is 4.91 Å². The van der Waals surface area contributed by atoms with Crippen LogP contribution in [0.5, 0.6) is 0 Å². The Labute approximate surface area is 172 Å². The number of thiazole rings is 1. The van der Waals surface area contributed by atoms with Crippen molar-refractivity contribution in [3.05, 3.63) is 88.2 Å². The molecular weight excluding hydrogens is 410 g/mol. The standard InChI is InChI=1S/C21H19NO5S2/c1-4-14-18(5-2)29(25,26)19(20(14)23)13-9-11-16(27-24)21-22(6-3)15-10-7-8-12-17(15)28-21/h4-5,7-13,16H,1-2,6H2,3H3/p+1/b11-9+,19-13-. The molecule has 0 spiro atoms. The van der Waals surface area contributed by atoms with Gasteiger partial charge in [0.15, 0.2) is 0 Å². The van der Waals surface area contributed by atoms with E-state index in [1.165, 1.54) is 35.6 Å². The Morgan fingerprint density at radius 3 is 2.59 bits per heavy atom. The number of aromatic nitrogens is 1. The van der Waals surface area contributed by atoms with Crippen LogP contribution in [0.1, 0.15) is 18.0 Å². The summed E-state index contributed by atoms with van der Waals surface area (Å²) in [6.07, 6.45) is 5.61. The molecule has 1 aliphatic heterocycles. The summed E-state index contributed by atoms with van der Waals surface area (Å²) in [4.78, 5) is 16.5. The molecule has 0 saturated heterocycles. The van der Waals surface area contributed by atoms with Crippen LogP contribution in [0.25, 0.3) is 10.2 Å². The Morgan fingerprint density at radius 1 is 1.28 bits per heavy atom. The Bertz CT molecular complexity index is 1200. The van der Waals surface area contributed by atoms with Crippen molar-refractivity contribution in [1.82, 2.24) is 0 Å². The summed E-state index contributed by atoms with van der Waals surface area (Å²) in [7, 11) is -3.95. The van der Waals surface area contributed by atoms with Crippen LogP contribution >= 0.6 is 11.3 Å². The van der Waals surface area contributed by atoms with E-state index in [2.05, 4.69) is 18.0 Å². The highest BCUT2D eigenvalue weighted by Crippen LogP contribution is 2.33. The number of hydrogen-bond acceptors (Lipinski definition) is 6. The van der Waals surface area contributed by atoms with Crippen LogP contribution in [0.2, 0.25) is 0 Å². The van der Waals surface area contributed by atoms with Gasteiger partial charge in [-0.2, -0.15) is 4.57 Å². The van der Waals surface area contributed by atoms with Gasteiger partial charge in [0.2, 0.25) is 27.2 Å². The number of nitrogens with zero attached hydrogens (tertiary/aromatic N) is 1.